The standard InChI is InChI=1S/C7H7S2/c1-2-5-8-7-4-3-6-9-7/h2-4H,1,5H2. The van der Waals surface area contributed by atoms with Crippen molar-refractivity contribution in [2.24, 2.45) is 0 Å². The maximum atomic E-state index is 3.63. The van der Waals surface area contributed by atoms with E-state index in [2.05, 4.69) is 18.0 Å². The van der Waals surface area contributed by atoms with Crippen molar-refractivity contribution in [2.75, 3.05) is 5.75 Å². The predicted octanol–water partition coefficient (Wildman–Crippen LogP) is 2.83. The van der Waals surface area contributed by atoms with Gasteiger partial charge in [-0.3, -0.25) is 0 Å². The van der Waals surface area contributed by atoms with Gasteiger partial charge in [-0.1, -0.05) is 6.08 Å². The highest BCUT2D eigenvalue weighted by molar-refractivity contribution is 8.01. The highest BCUT2D eigenvalue weighted by Crippen LogP contribution is 2.22. The summed E-state index contributed by atoms with van der Waals surface area (Å²) in [4.78, 5) is 0. The number of hydrogen-bond acceptors (Lipinski definition) is 2. The molecule has 2 heteroatoms. The average molecular weight is 155 g/mol. The van der Waals surface area contributed by atoms with Crippen LogP contribution in [-0.2, 0) is 0 Å². The van der Waals surface area contributed by atoms with E-state index in [9.17, 15) is 0 Å². The highest BCUT2D eigenvalue weighted by atomic mass is 32.2. The topological polar surface area (TPSA) is 0 Å². The zero-order chi connectivity index (χ0) is 6.53. The molecule has 0 fully saturated rings. The molecule has 0 spiro atoms. The van der Waals surface area contributed by atoms with Gasteiger partial charge in [0.25, 0.3) is 0 Å². The summed E-state index contributed by atoms with van der Waals surface area (Å²) in [7, 11) is 0. The molecule has 0 amide bonds. The molecule has 1 heterocycles. The minimum absolute atomic E-state index is 0.994. The molecule has 0 aromatic carbocycles. The van der Waals surface area contributed by atoms with Gasteiger partial charge in [0.15, 0.2) is 0 Å². The SMILES string of the molecule is C=CCSc1cc[c]s1. The molecule has 0 atom stereocenters. The van der Waals surface area contributed by atoms with Gasteiger partial charge in [0.2, 0.25) is 0 Å². The van der Waals surface area contributed by atoms with E-state index >= 15 is 0 Å². The minimum atomic E-state index is 0.994. The van der Waals surface area contributed by atoms with Crippen molar-refractivity contribution in [1.82, 2.24) is 0 Å². The van der Waals surface area contributed by atoms with Crippen molar-refractivity contribution < 1.29 is 0 Å². The van der Waals surface area contributed by atoms with E-state index in [4.69, 9.17) is 0 Å². The van der Waals surface area contributed by atoms with Crippen molar-refractivity contribution in [3.63, 3.8) is 0 Å². The molecule has 0 aliphatic heterocycles. The zero-order valence-electron chi connectivity index (χ0n) is 4.96. The first kappa shape index (κ1) is 6.90. The van der Waals surface area contributed by atoms with Gasteiger partial charge in [0, 0.05) is 11.1 Å². The Hall–Kier alpha value is -0.210. The number of thiophene rings is 1. The van der Waals surface area contributed by atoms with E-state index < -0.39 is 0 Å². The van der Waals surface area contributed by atoms with E-state index in [1.54, 1.807) is 23.1 Å². The smallest absolute Gasteiger partial charge is 0.0608 e. The van der Waals surface area contributed by atoms with Gasteiger partial charge in [-0.05, 0) is 12.1 Å². The lowest BCUT2D eigenvalue weighted by atomic mass is 10.7. The van der Waals surface area contributed by atoms with Crippen LogP contribution in [0.1, 0.15) is 0 Å². The molecule has 0 aliphatic rings. The molecule has 0 saturated carbocycles. The molecule has 1 aromatic rings. The Morgan fingerprint density at radius 3 is 3.33 bits per heavy atom. The van der Waals surface area contributed by atoms with Crippen LogP contribution in [0.3, 0.4) is 0 Å². The molecule has 0 bridgehead atoms. The Bertz CT molecular complexity index is 165. The molecule has 0 nitrogen and oxygen atoms in total. The first-order chi connectivity index (χ1) is 4.43. The van der Waals surface area contributed by atoms with Gasteiger partial charge < -0.3 is 0 Å². The van der Waals surface area contributed by atoms with Gasteiger partial charge in [-0.15, -0.1) is 29.7 Å². The van der Waals surface area contributed by atoms with Crippen LogP contribution in [0.25, 0.3) is 0 Å². The summed E-state index contributed by atoms with van der Waals surface area (Å²) in [6.07, 6.45) is 1.91. The zero-order valence-corrected chi connectivity index (χ0v) is 6.60. The van der Waals surface area contributed by atoms with Crippen LogP contribution in [0, 0.1) is 5.38 Å². The first-order valence-corrected chi connectivity index (χ1v) is 4.43. The second-order valence-corrected chi connectivity index (χ2v) is 3.67. The lowest BCUT2D eigenvalue weighted by Gasteiger charge is -1.87. The third kappa shape index (κ3) is 2.24. The number of rotatable bonds is 3. The molecule has 0 N–H and O–H groups in total. The summed E-state index contributed by atoms with van der Waals surface area (Å²) in [5.41, 5.74) is 0. The number of thioether (sulfide) groups is 1. The van der Waals surface area contributed by atoms with Crippen LogP contribution in [0.15, 0.2) is 29.0 Å². The lowest BCUT2D eigenvalue weighted by molar-refractivity contribution is 1.70. The summed E-state index contributed by atoms with van der Waals surface area (Å²) >= 11 is 3.45. The van der Waals surface area contributed by atoms with Crippen LogP contribution in [-0.4, -0.2) is 5.75 Å². The predicted molar refractivity (Wildman–Crippen MR) is 44.1 cm³/mol. The fourth-order valence-electron chi connectivity index (χ4n) is 0.447. The van der Waals surface area contributed by atoms with E-state index in [1.807, 2.05) is 12.1 Å². The lowest BCUT2D eigenvalue weighted by Crippen LogP contribution is -1.63. The monoisotopic (exact) mass is 155 g/mol. The van der Waals surface area contributed by atoms with Gasteiger partial charge in [-0.25, -0.2) is 0 Å². The Labute approximate surface area is 63.6 Å². The maximum absolute atomic E-state index is 3.63. The van der Waals surface area contributed by atoms with Gasteiger partial charge in [0.1, 0.15) is 0 Å². The molecule has 1 radical (unpaired) electrons. The summed E-state index contributed by atoms with van der Waals surface area (Å²) in [6, 6.07) is 4.01. The normalized spacial score (nSPS) is 9.33. The fourth-order valence-corrected chi connectivity index (χ4v) is 1.87. The van der Waals surface area contributed by atoms with Crippen molar-refractivity contribution in [1.29, 1.82) is 0 Å². The second kappa shape index (κ2) is 3.75. The third-order valence-corrected chi connectivity index (χ3v) is 2.81. The quantitative estimate of drug-likeness (QED) is 0.478. The average Bonchev–Trinajstić information content (AvgIpc) is 2.34. The van der Waals surface area contributed by atoms with Gasteiger partial charge in [0.05, 0.1) is 4.21 Å². The van der Waals surface area contributed by atoms with Crippen LogP contribution in [0.5, 0.6) is 0 Å². The Morgan fingerprint density at radius 1 is 1.89 bits per heavy atom. The summed E-state index contributed by atoms with van der Waals surface area (Å²) in [5, 5.41) is 3.03. The van der Waals surface area contributed by atoms with Crippen LogP contribution >= 0.6 is 23.1 Å². The first-order valence-electron chi connectivity index (χ1n) is 2.63. The molecular weight excluding hydrogens is 148 g/mol. The number of hydrogen-bond donors (Lipinski definition) is 0. The maximum Gasteiger partial charge on any atom is 0.0608 e. The van der Waals surface area contributed by atoms with Gasteiger partial charge in [-0.2, -0.15) is 0 Å². The van der Waals surface area contributed by atoms with Crippen molar-refractivity contribution in [2.45, 2.75) is 4.21 Å². The Kier molecular flexibility index (Phi) is 2.87. The van der Waals surface area contributed by atoms with Gasteiger partial charge >= 0.3 is 0 Å². The van der Waals surface area contributed by atoms with Crippen molar-refractivity contribution in [3.05, 3.63) is 30.2 Å². The molecular formula is C7H7S2. The Balaban J connectivity index is 2.38. The van der Waals surface area contributed by atoms with E-state index in [1.165, 1.54) is 4.21 Å². The molecule has 0 saturated heterocycles. The van der Waals surface area contributed by atoms with Crippen molar-refractivity contribution >= 4 is 23.1 Å². The van der Waals surface area contributed by atoms with Crippen LogP contribution in [0.4, 0.5) is 0 Å². The van der Waals surface area contributed by atoms with E-state index in [0.29, 0.717) is 0 Å². The minimum Gasteiger partial charge on any atom is -0.128 e. The van der Waals surface area contributed by atoms with Crippen molar-refractivity contribution in [3.8, 4) is 0 Å². The molecule has 0 unspecified atom stereocenters. The van der Waals surface area contributed by atoms with Crippen LogP contribution in [0.2, 0.25) is 0 Å². The molecule has 9 heavy (non-hydrogen) atoms. The largest absolute Gasteiger partial charge is 0.128 e. The van der Waals surface area contributed by atoms with E-state index in [-0.39, 0.29) is 0 Å². The molecule has 0 aliphatic carbocycles. The second-order valence-electron chi connectivity index (χ2n) is 1.47. The summed E-state index contributed by atoms with van der Waals surface area (Å²) in [5.74, 6) is 0.994. The Morgan fingerprint density at radius 2 is 2.78 bits per heavy atom. The summed E-state index contributed by atoms with van der Waals surface area (Å²) < 4.78 is 1.31. The highest BCUT2D eigenvalue weighted by Gasteiger charge is 1.89. The third-order valence-electron chi connectivity index (χ3n) is 0.790. The molecule has 47 valence electrons. The van der Waals surface area contributed by atoms with E-state index in [0.717, 1.165) is 5.75 Å². The molecule has 1 aromatic heterocycles. The van der Waals surface area contributed by atoms with Crippen LogP contribution < -0.4 is 0 Å². The summed E-state index contributed by atoms with van der Waals surface area (Å²) in [6.45, 7) is 3.63. The molecule has 1 rings (SSSR count). The fraction of sp³-hybridized carbons (Fsp3) is 0.143.